The number of para-hydroxylation sites is 1. The van der Waals surface area contributed by atoms with Crippen molar-refractivity contribution in [3.63, 3.8) is 0 Å². The van der Waals surface area contributed by atoms with Crippen LogP contribution in [0.15, 0.2) is 42.5 Å². The molecule has 2 aromatic rings. The molecule has 2 aliphatic heterocycles. The van der Waals surface area contributed by atoms with E-state index in [1.165, 1.54) is 4.31 Å². The fraction of sp³-hybridized carbons (Fsp3) is 0.364. The third-order valence-electron chi connectivity index (χ3n) is 5.31. The Morgan fingerprint density at radius 1 is 1.00 bits per heavy atom. The Kier molecular flexibility index (Phi) is 6.13. The number of carbonyl (C=O) groups excluding carboxylic acids is 2. The summed E-state index contributed by atoms with van der Waals surface area (Å²) in [5, 5.41) is 2.60. The molecule has 0 saturated heterocycles. The van der Waals surface area contributed by atoms with Crippen LogP contribution in [-0.2, 0) is 21.2 Å². The van der Waals surface area contributed by atoms with Crippen molar-refractivity contribution in [1.29, 1.82) is 0 Å². The molecule has 0 radical (unpaired) electrons. The lowest BCUT2D eigenvalue weighted by Crippen LogP contribution is -2.37. The number of ketones is 1. The second-order valence-corrected chi connectivity index (χ2v) is 9.41. The molecule has 0 atom stereocenters. The lowest BCUT2D eigenvalue weighted by atomic mass is 10.1. The average molecular weight is 445 g/mol. The van der Waals surface area contributed by atoms with E-state index in [1.54, 1.807) is 24.3 Å². The largest absolute Gasteiger partial charge is 0.486 e. The highest BCUT2D eigenvalue weighted by Gasteiger charge is 2.28. The highest BCUT2D eigenvalue weighted by molar-refractivity contribution is 7.92. The number of fused-ring (bicyclic) bond motifs is 2. The summed E-state index contributed by atoms with van der Waals surface area (Å²) in [4.78, 5) is 24.5. The number of nitrogens with one attached hydrogen (secondary N) is 1. The van der Waals surface area contributed by atoms with Crippen molar-refractivity contribution < 1.29 is 27.5 Å². The monoisotopic (exact) mass is 444 g/mol. The number of benzene rings is 2. The predicted molar refractivity (Wildman–Crippen MR) is 115 cm³/mol. The van der Waals surface area contributed by atoms with E-state index in [0.29, 0.717) is 48.9 Å². The van der Waals surface area contributed by atoms with Gasteiger partial charge >= 0.3 is 0 Å². The summed E-state index contributed by atoms with van der Waals surface area (Å²) in [7, 11) is -3.53. The van der Waals surface area contributed by atoms with E-state index in [9.17, 15) is 18.0 Å². The zero-order chi connectivity index (χ0) is 21.8. The van der Waals surface area contributed by atoms with Gasteiger partial charge in [-0.3, -0.25) is 13.9 Å². The van der Waals surface area contributed by atoms with Gasteiger partial charge in [-0.2, -0.15) is 0 Å². The Bertz CT molecular complexity index is 1100. The fourth-order valence-corrected chi connectivity index (χ4v) is 5.13. The Morgan fingerprint density at radius 2 is 1.77 bits per heavy atom. The Hall–Kier alpha value is -3.07. The van der Waals surface area contributed by atoms with E-state index < -0.39 is 10.0 Å². The van der Waals surface area contributed by atoms with E-state index in [1.807, 2.05) is 18.2 Å². The van der Waals surface area contributed by atoms with E-state index >= 15 is 0 Å². The maximum atomic E-state index is 12.6. The molecule has 4 rings (SSSR count). The summed E-state index contributed by atoms with van der Waals surface area (Å²) < 4.78 is 37.6. The van der Waals surface area contributed by atoms with Crippen LogP contribution in [0.1, 0.15) is 28.8 Å². The summed E-state index contributed by atoms with van der Waals surface area (Å²) in [5.74, 6) is 0.386. The third-order valence-corrected chi connectivity index (χ3v) is 7.08. The molecule has 0 saturated carbocycles. The second kappa shape index (κ2) is 8.97. The molecule has 9 heteroatoms. The van der Waals surface area contributed by atoms with Gasteiger partial charge in [0.2, 0.25) is 15.9 Å². The van der Waals surface area contributed by atoms with Crippen LogP contribution in [0.4, 0.5) is 5.69 Å². The van der Waals surface area contributed by atoms with E-state index in [0.717, 1.165) is 5.56 Å². The lowest BCUT2D eigenvalue weighted by Gasteiger charge is -2.19. The maximum Gasteiger partial charge on any atom is 0.236 e. The molecule has 0 aliphatic carbocycles. The van der Waals surface area contributed by atoms with Gasteiger partial charge in [-0.25, -0.2) is 8.42 Å². The van der Waals surface area contributed by atoms with E-state index in [4.69, 9.17) is 9.47 Å². The van der Waals surface area contributed by atoms with Crippen molar-refractivity contribution in [3.8, 4) is 11.5 Å². The summed E-state index contributed by atoms with van der Waals surface area (Å²) in [6.07, 6.45) is 0.696. The zero-order valence-electron chi connectivity index (χ0n) is 17.0. The number of ether oxygens (including phenoxy) is 2. The first-order chi connectivity index (χ1) is 14.9. The van der Waals surface area contributed by atoms with Gasteiger partial charge < -0.3 is 14.8 Å². The first-order valence-corrected chi connectivity index (χ1v) is 11.8. The quantitative estimate of drug-likeness (QED) is 0.625. The number of Topliss-reactive ketones (excluding diaryl/α,β-unsaturated/α-hetero) is 1. The van der Waals surface area contributed by atoms with Crippen LogP contribution in [0.5, 0.6) is 11.5 Å². The molecule has 1 N–H and O–H groups in total. The van der Waals surface area contributed by atoms with Crippen molar-refractivity contribution in [1.82, 2.24) is 5.32 Å². The minimum atomic E-state index is -3.53. The molecule has 0 fully saturated rings. The van der Waals surface area contributed by atoms with Crippen LogP contribution >= 0.6 is 0 Å². The van der Waals surface area contributed by atoms with Crippen LogP contribution in [-0.4, -0.2) is 52.2 Å². The van der Waals surface area contributed by atoms with Crippen molar-refractivity contribution in [3.05, 3.63) is 53.6 Å². The minimum absolute atomic E-state index is 0.00194. The fourth-order valence-electron chi connectivity index (χ4n) is 3.70. The molecular weight excluding hydrogens is 420 g/mol. The third kappa shape index (κ3) is 4.82. The summed E-state index contributed by atoms with van der Waals surface area (Å²) in [5.41, 5.74) is 2.17. The van der Waals surface area contributed by atoms with Crippen LogP contribution in [0.2, 0.25) is 0 Å². The SMILES string of the molecule is O=C(CCC(=O)c1ccc2c(c1)OCCO2)NCCS(=O)(=O)N1CCc2ccccc21. The van der Waals surface area contributed by atoms with Crippen LogP contribution in [0, 0.1) is 0 Å². The normalized spacial score (nSPS) is 14.8. The van der Waals surface area contributed by atoms with Crippen molar-refractivity contribution in [2.24, 2.45) is 0 Å². The highest BCUT2D eigenvalue weighted by Crippen LogP contribution is 2.31. The van der Waals surface area contributed by atoms with Crippen LogP contribution < -0.4 is 19.1 Å². The maximum absolute atomic E-state index is 12.6. The standard InChI is InChI=1S/C22H24N2O6S/c25-19(17-5-7-20-21(15-17)30-13-12-29-20)6-8-22(26)23-10-14-31(27,28)24-11-9-16-3-1-2-4-18(16)24/h1-5,7,15H,6,8-14H2,(H,23,26). The Balaban J connectivity index is 1.24. The molecule has 2 aliphatic rings. The number of hydrogen-bond donors (Lipinski definition) is 1. The van der Waals surface area contributed by atoms with Gasteiger partial charge in [-0.15, -0.1) is 0 Å². The van der Waals surface area contributed by atoms with Gasteiger partial charge in [0.1, 0.15) is 13.2 Å². The number of nitrogens with zero attached hydrogens (tertiary/aromatic N) is 1. The number of sulfonamides is 1. The molecule has 164 valence electrons. The first-order valence-electron chi connectivity index (χ1n) is 10.2. The average Bonchev–Trinajstić information content (AvgIpc) is 3.22. The molecule has 31 heavy (non-hydrogen) atoms. The van der Waals surface area contributed by atoms with Gasteiger partial charge in [-0.1, -0.05) is 18.2 Å². The molecule has 8 nitrogen and oxygen atoms in total. The van der Waals surface area contributed by atoms with Gasteiger partial charge in [0, 0.05) is 31.5 Å². The van der Waals surface area contributed by atoms with Gasteiger partial charge in [0.15, 0.2) is 17.3 Å². The summed E-state index contributed by atoms with van der Waals surface area (Å²) in [6, 6.07) is 12.4. The number of hydrogen-bond acceptors (Lipinski definition) is 6. The number of carbonyl (C=O) groups is 2. The molecular formula is C22H24N2O6S. The Morgan fingerprint density at radius 3 is 2.61 bits per heavy atom. The number of anilines is 1. The van der Waals surface area contributed by atoms with Gasteiger partial charge in [0.25, 0.3) is 0 Å². The zero-order valence-corrected chi connectivity index (χ0v) is 17.8. The van der Waals surface area contributed by atoms with Crippen molar-refractivity contribution in [2.75, 3.05) is 36.4 Å². The van der Waals surface area contributed by atoms with Crippen molar-refractivity contribution in [2.45, 2.75) is 19.3 Å². The first kappa shape index (κ1) is 21.2. The molecule has 0 spiro atoms. The minimum Gasteiger partial charge on any atom is -0.486 e. The summed E-state index contributed by atoms with van der Waals surface area (Å²) in [6.45, 7) is 1.32. The topological polar surface area (TPSA) is 102 Å². The van der Waals surface area contributed by atoms with Crippen LogP contribution in [0.25, 0.3) is 0 Å². The predicted octanol–water partition coefficient (Wildman–Crippen LogP) is 1.93. The molecule has 2 aromatic carbocycles. The number of amides is 1. The number of rotatable bonds is 8. The second-order valence-electron chi connectivity index (χ2n) is 7.40. The molecule has 0 bridgehead atoms. The van der Waals surface area contributed by atoms with Gasteiger partial charge in [-0.05, 0) is 36.2 Å². The summed E-state index contributed by atoms with van der Waals surface area (Å²) >= 11 is 0. The molecule has 1 amide bonds. The Labute approximate surface area is 181 Å². The van der Waals surface area contributed by atoms with Crippen LogP contribution in [0.3, 0.4) is 0 Å². The lowest BCUT2D eigenvalue weighted by molar-refractivity contribution is -0.120. The molecule has 0 unspecified atom stereocenters. The molecule has 0 aromatic heterocycles. The van der Waals surface area contributed by atoms with Crippen molar-refractivity contribution >= 4 is 27.4 Å². The molecule has 2 heterocycles. The van der Waals surface area contributed by atoms with Gasteiger partial charge in [0.05, 0.1) is 11.4 Å². The van der Waals surface area contributed by atoms with E-state index in [2.05, 4.69) is 5.32 Å². The smallest absolute Gasteiger partial charge is 0.236 e. The van der Waals surface area contributed by atoms with E-state index in [-0.39, 0.29) is 36.8 Å². The highest BCUT2D eigenvalue weighted by atomic mass is 32.2.